The van der Waals surface area contributed by atoms with Crippen LogP contribution in [0.5, 0.6) is 0 Å². The Hall–Kier alpha value is -1.60. The predicted octanol–water partition coefficient (Wildman–Crippen LogP) is 3.67. The summed E-state index contributed by atoms with van der Waals surface area (Å²) in [4.78, 5) is 16.9. The van der Waals surface area contributed by atoms with Gasteiger partial charge in [-0.15, -0.1) is 0 Å². The van der Waals surface area contributed by atoms with Gasteiger partial charge in [0.2, 0.25) is 5.91 Å². The van der Waals surface area contributed by atoms with Gasteiger partial charge in [-0.2, -0.15) is 0 Å². The number of anilines is 2. The molecule has 1 amide bonds. The van der Waals surface area contributed by atoms with Crippen molar-refractivity contribution in [2.45, 2.75) is 13.8 Å². The van der Waals surface area contributed by atoms with Crippen LogP contribution < -0.4 is 10.2 Å². The van der Waals surface area contributed by atoms with Crippen molar-refractivity contribution in [3.8, 4) is 0 Å². The van der Waals surface area contributed by atoms with Crippen molar-refractivity contribution < 1.29 is 4.79 Å². The number of piperazine rings is 1. The van der Waals surface area contributed by atoms with E-state index in [2.05, 4.69) is 69.8 Å². The molecule has 5 heteroatoms. The first-order valence-electron chi connectivity index (χ1n) is 8.62. The van der Waals surface area contributed by atoms with E-state index in [0.717, 1.165) is 35.4 Å². The SMILES string of the molecule is Cc1cccc(N2CCN(CC(=O)Nc3cccc(I)c3)CC2)c1C. The molecule has 0 bridgehead atoms. The summed E-state index contributed by atoms with van der Waals surface area (Å²) in [6.07, 6.45) is 0. The van der Waals surface area contributed by atoms with Crippen LogP contribution in [0.3, 0.4) is 0 Å². The first-order chi connectivity index (χ1) is 12.0. The highest BCUT2D eigenvalue weighted by molar-refractivity contribution is 14.1. The lowest BCUT2D eigenvalue weighted by Gasteiger charge is -2.36. The fourth-order valence-corrected chi connectivity index (χ4v) is 3.74. The Bertz CT molecular complexity index is 754. The average Bonchev–Trinajstić information content (AvgIpc) is 2.58. The number of carbonyl (C=O) groups excluding carboxylic acids is 1. The molecule has 3 rings (SSSR count). The molecule has 1 heterocycles. The summed E-state index contributed by atoms with van der Waals surface area (Å²) in [7, 11) is 0. The Morgan fingerprint density at radius 2 is 1.80 bits per heavy atom. The number of carbonyl (C=O) groups is 1. The summed E-state index contributed by atoms with van der Waals surface area (Å²) in [6, 6.07) is 14.4. The van der Waals surface area contributed by atoms with E-state index < -0.39 is 0 Å². The fourth-order valence-electron chi connectivity index (χ4n) is 3.19. The maximum Gasteiger partial charge on any atom is 0.238 e. The van der Waals surface area contributed by atoms with E-state index in [4.69, 9.17) is 0 Å². The van der Waals surface area contributed by atoms with Crippen LogP contribution in [0.25, 0.3) is 0 Å². The number of halogens is 1. The van der Waals surface area contributed by atoms with Gasteiger partial charge in [-0.05, 0) is 71.8 Å². The maximum absolute atomic E-state index is 12.3. The molecular weight excluding hydrogens is 425 g/mol. The first-order valence-corrected chi connectivity index (χ1v) is 9.70. The molecule has 1 fully saturated rings. The largest absolute Gasteiger partial charge is 0.369 e. The molecular formula is C20H24IN3O. The van der Waals surface area contributed by atoms with Crippen molar-refractivity contribution in [2.24, 2.45) is 0 Å². The van der Waals surface area contributed by atoms with Crippen LogP contribution in [0.1, 0.15) is 11.1 Å². The Kier molecular flexibility index (Phi) is 5.96. The molecule has 0 radical (unpaired) electrons. The van der Waals surface area contributed by atoms with Crippen LogP contribution in [-0.4, -0.2) is 43.5 Å². The van der Waals surface area contributed by atoms with E-state index in [1.165, 1.54) is 16.8 Å². The highest BCUT2D eigenvalue weighted by atomic mass is 127. The Morgan fingerprint density at radius 3 is 2.52 bits per heavy atom. The average molecular weight is 449 g/mol. The molecule has 1 aliphatic heterocycles. The molecule has 1 aliphatic rings. The standard InChI is InChI=1S/C20H24IN3O/c1-15-5-3-8-19(16(15)2)24-11-9-23(10-12-24)14-20(25)22-18-7-4-6-17(21)13-18/h3-8,13H,9-12,14H2,1-2H3,(H,22,25). The van der Waals surface area contributed by atoms with Gasteiger partial charge in [-0.25, -0.2) is 0 Å². The van der Waals surface area contributed by atoms with E-state index in [0.29, 0.717) is 6.54 Å². The van der Waals surface area contributed by atoms with Gasteiger partial charge >= 0.3 is 0 Å². The zero-order valence-electron chi connectivity index (χ0n) is 14.8. The zero-order chi connectivity index (χ0) is 17.8. The molecule has 0 spiro atoms. The van der Waals surface area contributed by atoms with Crippen molar-refractivity contribution in [1.82, 2.24) is 4.90 Å². The van der Waals surface area contributed by atoms with Crippen molar-refractivity contribution in [3.63, 3.8) is 0 Å². The van der Waals surface area contributed by atoms with Gasteiger partial charge in [0.15, 0.2) is 0 Å². The van der Waals surface area contributed by atoms with Gasteiger partial charge in [0.1, 0.15) is 0 Å². The van der Waals surface area contributed by atoms with E-state index in [9.17, 15) is 4.79 Å². The monoisotopic (exact) mass is 449 g/mol. The number of aryl methyl sites for hydroxylation is 1. The minimum Gasteiger partial charge on any atom is -0.369 e. The van der Waals surface area contributed by atoms with Crippen LogP contribution in [0, 0.1) is 17.4 Å². The Balaban J connectivity index is 1.52. The lowest BCUT2D eigenvalue weighted by Crippen LogP contribution is -2.48. The molecule has 1 saturated heterocycles. The van der Waals surface area contributed by atoms with Crippen LogP contribution in [0.15, 0.2) is 42.5 Å². The number of amides is 1. The molecule has 1 N–H and O–H groups in total. The van der Waals surface area contributed by atoms with Gasteiger partial charge in [0.25, 0.3) is 0 Å². The molecule has 132 valence electrons. The van der Waals surface area contributed by atoms with Crippen LogP contribution in [0.2, 0.25) is 0 Å². The Labute approximate surface area is 163 Å². The molecule has 0 aromatic heterocycles. The molecule has 25 heavy (non-hydrogen) atoms. The first kappa shape index (κ1) is 18.2. The summed E-state index contributed by atoms with van der Waals surface area (Å²) < 4.78 is 1.12. The normalized spacial score (nSPS) is 15.2. The minimum absolute atomic E-state index is 0.0576. The van der Waals surface area contributed by atoms with Crippen LogP contribution in [-0.2, 0) is 4.79 Å². The van der Waals surface area contributed by atoms with Crippen LogP contribution >= 0.6 is 22.6 Å². The predicted molar refractivity (Wildman–Crippen MR) is 112 cm³/mol. The summed E-state index contributed by atoms with van der Waals surface area (Å²) in [6.45, 7) is 8.53. The molecule has 4 nitrogen and oxygen atoms in total. The van der Waals surface area contributed by atoms with E-state index in [1.807, 2.05) is 24.3 Å². The second-order valence-electron chi connectivity index (χ2n) is 6.54. The molecule has 0 aliphatic carbocycles. The van der Waals surface area contributed by atoms with Gasteiger partial charge < -0.3 is 10.2 Å². The zero-order valence-corrected chi connectivity index (χ0v) is 16.9. The quantitative estimate of drug-likeness (QED) is 0.724. The van der Waals surface area contributed by atoms with Crippen molar-refractivity contribution in [3.05, 3.63) is 57.2 Å². The smallest absolute Gasteiger partial charge is 0.238 e. The number of hydrogen-bond donors (Lipinski definition) is 1. The van der Waals surface area contributed by atoms with Crippen molar-refractivity contribution in [1.29, 1.82) is 0 Å². The Morgan fingerprint density at radius 1 is 1.08 bits per heavy atom. The van der Waals surface area contributed by atoms with E-state index in [1.54, 1.807) is 0 Å². The second kappa shape index (κ2) is 8.19. The van der Waals surface area contributed by atoms with Gasteiger partial charge in [-0.3, -0.25) is 9.69 Å². The lowest BCUT2D eigenvalue weighted by atomic mass is 10.1. The van der Waals surface area contributed by atoms with E-state index >= 15 is 0 Å². The topological polar surface area (TPSA) is 35.6 Å². The molecule has 2 aromatic carbocycles. The molecule has 0 atom stereocenters. The number of hydrogen-bond acceptors (Lipinski definition) is 3. The van der Waals surface area contributed by atoms with Gasteiger partial charge in [0.05, 0.1) is 6.54 Å². The van der Waals surface area contributed by atoms with Crippen molar-refractivity contribution >= 4 is 39.9 Å². The lowest BCUT2D eigenvalue weighted by molar-refractivity contribution is -0.117. The highest BCUT2D eigenvalue weighted by Crippen LogP contribution is 2.23. The minimum atomic E-state index is 0.0576. The third-order valence-electron chi connectivity index (χ3n) is 4.76. The van der Waals surface area contributed by atoms with Gasteiger partial charge in [0, 0.05) is 41.1 Å². The number of nitrogens with one attached hydrogen (secondary N) is 1. The number of benzene rings is 2. The molecule has 0 unspecified atom stereocenters. The summed E-state index contributed by atoms with van der Waals surface area (Å²) in [5, 5.41) is 2.99. The maximum atomic E-state index is 12.3. The third-order valence-corrected chi connectivity index (χ3v) is 5.44. The highest BCUT2D eigenvalue weighted by Gasteiger charge is 2.20. The summed E-state index contributed by atoms with van der Waals surface area (Å²) in [5.74, 6) is 0.0576. The molecule has 0 saturated carbocycles. The third kappa shape index (κ3) is 4.73. The second-order valence-corrected chi connectivity index (χ2v) is 7.79. The summed E-state index contributed by atoms with van der Waals surface area (Å²) in [5.41, 5.74) is 4.87. The van der Waals surface area contributed by atoms with Crippen molar-refractivity contribution in [2.75, 3.05) is 42.9 Å². The number of rotatable bonds is 4. The molecule has 2 aromatic rings. The van der Waals surface area contributed by atoms with Crippen LogP contribution in [0.4, 0.5) is 11.4 Å². The number of nitrogens with zero attached hydrogens (tertiary/aromatic N) is 2. The fraction of sp³-hybridized carbons (Fsp3) is 0.350. The van der Waals surface area contributed by atoms with E-state index in [-0.39, 0.29) is 5.91 Å². The summed E-state index contributed by atoms with van der Waals surface area (Å²) >= 11 is 2.25. The van der Waals surface area contributed by atoms with Gasteiger partial charge in [-0.1, -0.05) is 18.2 Å².